The number of benzene rings is 1. The van der Waals surface area contributed by atoms with Crippen LogP contribution in [0.25, 0.3) is 10.1 Å². The van der Waals surface area contributed by atoms with Crippen LogP contribution < -0.4 is 5.32 Å². The fraction of sp³-hybridized carbons (Fsp3) is 0.471. The van der Waals surface area contributed by atoms with Crippen LogP contribution in [0.4, 0.5) is 0 Å². The predicted octanol–water partition coefficient (Wildman–Crippen LogP) is 4.06. The molecule has 0 radical (unpaired) electrons. The highest BCUT2D eigenvalue weighted by Crippen LogP contribution is 2.34. The molecule has 2 unspecified atom stereocenters. The molecule has 2 rings (SSSR count). The minimum absolute atomic E-state index is 0.119. The first-order valence-electron chi connectivity index (χ1n) is 7.27. The monoisotopic (exact) mass is 305 g/mol. The summed E-state index contributed by atoms with van der Waals surface area (Å²) in [5, 5.41) is 4.72. The van der Waals surface area contributed by atoms with Crippen molar-refractivity contribution in [3.8, 4) is 0 Å². The molecule has 1 heterocycles. The van der Waals surface area contributed by atoms with Gasteiger partial charge < -0.3 is 4.74 Å². The number of carbonyl (C=O) groups excluding carboxylic acids is 1. The second-order valence-electron chi connectivity index (χ2n) is 5.72. The zero-order chi connectivity index (χ0) is 15.6. The molecule has 1 N–H and O–H groups in total. The summed E-state index contributed by atoms with van der Waals surface area (Å²) < 4.78 is 6.19. The van der Waals surface area contributed by atoms with Crippen LogP contribution in [0.15, 0.2) is 24.3 Å². The van der Waals surface area contributed by atoms with Crippen LogP contribution in [0.3, 0.4) is 0 Å². The van der Waals surface area contributed by atoms with Gasteiger partial charge in [0.15, 0.2) is 0 Å². The highest BCUT2D eigenvalue weighted by molar-refractivity contribution is 7.19. The maximum atomic E-state index is 11.9. The number of fused-ring (bicyclic) bond motifs is 1. The van der Waals surface area contributed by atoms with E-state index < -0.39 is 0 Å². The number of thiophene rings is 1. The Kier molecular flexibility index (Phi) is 5.01. The molecule has 2 atom stereocenters. The standard InChI is InChI=1S/C17H23NO2S/c1-10(2)15(17(19)20-5)18-12(4)16-11(3)13-8-6-7-9-14(13)21-16/h6-10,12,15,18H,1-5H3. The minimum atomic E-state index is -0.283. The molecule has 0 saturated heterocycles. The van der Waals surface area contributed by atoms with E-state index >= 15 is 0 Å². The number of nitrogens with one attached hydrogen (secondary N) is 1. The van der Waals surface area contributed by atoms with Gasteiger partial charge in [0, 0.05) is 15.6 Å². The smallest absolute Gasteiger partial charge is 0.323 e. The highest BCUT2D eigenvalue weighted by atomic mass is 32.1. The third-order valence-corrected chi connectivity index (χ3v) is 5.28. The average molecular weight is 305 g/mol. The van der Waals surface area contributed by atoms with E-state index in [0.717, 1.165) is 0 Å². The topological polar surface area (TPSA) is 38.3 Å². The second kappa shape index (κ2) is 6.58. The van der Waals surface area contributed by atoms with E-state index in [-0.39, 0.29) is 24.0 Å². The molecule has 0 spiro atoms. The van der Waals surface area contributed by atoms with Gasteiger partial charge in [-0.3, -0.25) is 10.1 Å². The Morgan fingerprint density at radius 1 is 1.24 bits per heavy atom. The molecular formula is C17H23NO2S. The molecule has 2 aromatic rings. The molecular weight excluding hydrogens is 282 g/mol. The predicted molar refractivity (Wildman–Crippen MR) is 88.8 cm³/mol. The molecule has 3 nitrogen and oxygen atoms in total. The van der Waals surface area contributed by atoms with Gasteiger partial charge in [-0.2, -0.15) is 0 Å². The number of rotatable bonds is 5. The molecule has 0 saturated carbocycles. The lowest BCUT2D eigenvalue weighted by atomic mass is 10.0. The summed E-state index contributed by atoms with van der Waals surface area (Å²) in [7, 11) is 1.44. The maximum Gasteiger partial charge on any atom is 0.323 e. The minimum Gasteiger partial charge on any atom is -0.468 e. The molecule has 0 fully saturated rings. The lowest BCUT2D eigenvalue weighted by Crippen LogP contribution is -2.42. The van der Waals surface area contributed by atoms with Gasteiger partial charge in [0.1, 0.15) is 6.04 Å². The third-order valence-electron chi connectivity index (χ3n) is 3.83. The van der Waals surface area contributed by atoms with Crippen LogP contribution in [-0.2, 0) is 9.53 Å². The Bertz CT molecular complexity index is 633. The second-order valence-corrected chi connectivity index (χ2v) is 6.80. The van der Waals surface area contributed by atoms with E-state index in [9.17, 15) is 4.79 Å². The third kappa shape index (κ3) is 3.27. The summed E-state index contributed by atoms with van der Waals surface area (Å²) >= 11 is 1.79. The lowest BCUT2D eigenvalue weighted by molar-refractivity contribution is -0.144. The number of hydrogen-bond donors (Lipinski definition) is 1. The van der Waals surface area contributed by atoms with Crippen LogP contribution in [0.1, 0.15) is 37.3 Å². The first-order valence-corrected chi connectivity index (χ1v) is 8.09. The summed E-state index contributed by atoms with van der Waals surface area (Å²) in [6.45, 7) is 8.31. The van der Waals surface area contributed by atoms with Crippen LogP contribution in [0.2, 0.25) is 0 Å². The summed E-state index contributed by atoms with van der Waals surface area (Å²) in [5.74, 6) is -0.00908. The molecule has 0 aliphatic carbocycles. The zero-order valence-corrected chi connectivity index (χ0v) is 14.1. The molecule has 0 bridgehead atoms. The number of hydrogen-bond acceptors (Lipinski definition) is 4. The lowest BCUT2D eigenvalue weighted by Gasteiger charge is -2.24. The summed E-state index contributed by atoms with van der Waals surface area (Å²) in [4.78, 5) is 13.2. The molecule has 0 amide bonds. The maximum absolute atomic E-state index is 11.9. The van der Waals surface area contributed by atoms with Crippen molar-refractivity contribution in [3.05, 3.63) is 34.7 Å². The van der Waals surface area contributed by atoms with Crippen molar-refractivity contribution in [2.75, 3.05) is 7.11 Å². The van der Waals surface area contributed by atoms with Gasteiger partial charge in [-0.1, -0.05) is 32.0 Å². The fourth-order valence-corrected chi connectivity index (χ4v) is 3.83. The van der Waals surface area contributed by atoms with Crippen molar-refractivity contribution in [2.45, 2.75) is 39.8 Å². The molecule has 1 aromatic heterocycles. The van der Waals surface area contributed by atoms with Gasteiger partial charge in [0.2, 0.25) is 0 Å². The molecule has 114 valence electrons. The highest BCUT2D eigenvalue weighted by Gasteiger charge is 2.26. The molecule has 4 heteroatoms. The van der Waals surface area contributed by atoms with E-state index in [0.29, 0.717) is 0 Å². The number of methoxy groups -OCH3 is 1. The van der Waals surface area contributed by atoms with E-state index in [1.54, 1.807) is 11.3 Å². The van der Waals surface area contributed by atoms with Gasteiger partial charge in [-0.25, -0.2) is 0 Å². The Balaban J connectivity index is 2.27. The van der Waals surface area contributed by atoms with E-state index in [1.807, 2.05) is 13.8 Å². The van der Waals surface area contributed by atoms with E-state index in [1.165, 1.54) is 27.6 Å². The van der Waals surface area contributed by atoms with Crippen molar-refractivity contribution >= 4 is 27.4 Å². The molecule has 21 heavy (non-hydrogen) atoms. The van der Waals surface area contributed by atoms with E-state index in [4.69, 9.17) is 4.74 Å². The first kappa shape index (κ1) is 16.0. The Morgan fingerprint density at radius 2 is 1.90 bits per heavy atom. The van der Waals surface area contributed by atoms with Crippen LogP contribution in [0, 0.1) is 12.8 Å². The van der Waals surface area contributed by atoms with Crippen molar-refractivity contribution in [2.24, 2.45) is 5.92 Å². The largest absolute Gasteiger partial charge is 0.468 e. The first-order chi connectivity index (χ1) is 9.95. The van der Waals surface area contributed by atoms with Gasteiger partial charge in [0.05, 0.1) is 7.11 Å². The number of esters is 1. The number of carbonyl (C=O) groups is 1. The molecule has 1 aromatic carbocycles. The number of ether oxygens (including phenoxy) is 1. The Hall–Kier alpha value is -1.39. The van der Waals surface area contributed by atoms with Gasteiger partial charge in [-0.15, -0.1) is 11.3 Å². The Labute approximate surface area is 130 Å². The SMILES string of the molecule is COC(=O)C(NC(C)c1sc2ccccc2c1C)C(C)C. The number of aryl methyl sites for hydroxylation is 1. The van der Waals surface area contributed by atoms with Gasteiger partial charge in [-0.05, 0) is 36.8 Å². The quantitative estimate of drug-likeness (QED) is 0.847. The van der Waals surface area contributed by atoms with Gasteiger partial charge >= 0.3 is 5.97 Å². The van der Waals surface area contributed by atoms with Crippen molar-refractivity contribution in [1.29, 1.82) is 0 Å². The van der Waals surface area contributed by atoms with Crippen molar-refractivity contribution < 1.29 is 9.53 Å². The summed E-state index contributed by atoms with van der Waals surface area (Å²) in [5.41, 5.74) is 1.29. The normalized spacial score (nSPS) is 14.4. The van der Waals surface area contributed by atoms with Crippen LogP contribution in [0.5, 0.6) is 0 Å². The van der Waals surface area contributed by atoms with Crippen LogP contribution >= 0.6 is 11.3 Å². The summed E-state index contributed by atoms with van der Waals surface area (Å²) in [6.07, 6.45) is 0. The molecule has 0 aliphatic heterocycles. The average Bonchev–Trinajstić information content (AvgIpc) is 2.81. The Morgan fingerprint density at radius 3 is 2.48 bits per heavy atom. The van der Waals surface area contributed by atoms with Crippen molar-refractivity contribution in [3.63, 3.8) is 0 Å². The summed E-state index contributed by atoms with van der Waals surface area (Å²) in [6, 6.07) is 8.26. The zero-order valence-electron chi connectivity index (χ0n) is 13.3. The fourth-order valence-electron chi connectivity index (χ4n) is 2.61. The van der Waals surface area contributed by atoms with Crippen LogP contribution in [-0.4, -0.2) is 19.1 Å². The van der Waals surface area contributed by atoms with Gasteiger partial charge in [0.25, 0.3) is 0 Å². The van der Waals surface area contributed by atoms with Crippen molar-refractivity contribution in [1.82, 2.24) is 5.32 Å². The van der Waals surface area contributed by atoms with E-state index in [2.05, 4.69) is 43.4 Å². The molecule has 0 aliphatic rings.